The molecule has 0 aliphatic carbocycles. The maximum atomic E-state index is 13.4. The van der Waals surface area contributed by atoms with Crippen molar-refractivity contribution in [2.24, 2.45) is 13.0 Å². The second-order valence-corrected chi connectivity index (χ2v) is 9.50. The lowest BCUT2D eigenvalue weighted by Gasteiger charge is -2.22. The average Bonchev–Trinajstić information content (AvgIpc) is 3.20. The normalized spacial score (nSPS) is 12.0. The number of carboxylic acid groups (broad SMARTS) is 1. The number of benzene rings is 2. The van der Waals surface area contributed by atoms with Gasteiger partial charge in [-0.1, -0.05) is 68.1 Å². The number of hydrogen-bond donors (Lipinski definition) is 2. The number of aromatic nitrogens is 2. The van der Waals surface area contributed by atoms with Crippen LogP contribution in [0.2, 0.25) is 0 Å². The van der Waals surface area contributed by atoms with Crippen LogP contribution in [0, 0.1) is 5.92 Å². The Labute approximate surface area is 199 Å². The highest BCUT2D eigenvalue weighted by Gasteiger charge is 2.20. The minimum absolute atomic E-state index is 0.0181. The summed E-state index contributed by atoms with van der Waals surface area (Å²) in [5.41, 5.74) is 3.34. The molecule has 33 heavy (non-hydrogen) atoms. The Morgan fingerprint density at radius 1 is 1.15 bits per heavy atom. The highest BCUT2D eigenvalue weighted by molar-refractivity contribution is 7.98. The molecule has 3 aromatic rings. The number of aliphatic carboxylic acids is 1. The number of carboxylic acids is 1. The summed E-state index contributed by atoms with van der Waals surface area (Å²) < 4.78 is 1.95. The largest absolute Gasteiger partial charge is 0.481 e. The molecule has 6 nitrogen and oxygen atoms in total. The SMILES string of the molecule is CC(C)CC(NC(=O)c1cc(CSc2nccn2C)ccc1CCC(=O)O)c1ccccc1. The maximum absolute atomic E-state index is 13.4. The fourth-order valence-electron chi connectivity index (χ4n) is 3.69. The Bertz CT molecular complexity index is 1080. The van der Waals surface area contributed by atoms with E-state index in [1.807, 2.05) is 66.3 Å². The standard InChI is InChI=1S/C26H31N3O3S/c1-18(2)15-23(21-7-5-4-6-8-21)28-25(32)22-16-19(9-10-20(22)11-12-24(30)31)17-33-26-27-13-14-29(26)3/h4-10,13-14,16,18,23H,11-12,15,17H2,1-3H3,(H,28,32)(H,30,31). The van der Waals surface area contributed by atoms with Crippen LogP contribution in [0.5, 0.6) is 0 Å². The van der Waals surface area contributed by atoms with E-state index in [1.54, 1.807) is 18.0 Å². The van der Waals surface area contributed by atoms with Gasteiger partial charge in [-0.3, -0.25) is 9.59 Å². The van der Waals surface area contributed by atoms with Crippen LogP contribution in [0.1, 0.15) is 59.8 Å². The predicted molar refractivity (Wildman–Crippen MR) is 131 cm³/mol. The first kappa shape index (κ1) is 24.6. The Kier molecular flexibility index (Phi) is 8.72. The molecule has 0 bridgehead atoms. The summed E-state index contributed by atoms with van der Waals surface area (Å²) >= 11 is 1.60. The van der Waals surface area contributed by atoms with Crippen molar-refractivity contribution in [3.05, 3.63) is 83.2 Å². The quantitative estimate of drug-likeness (QED) is 0.378. The summed E-state index contributed by atoms with van der Waals surface area (Å²) in [6.07, 6.45) is 4.76. The molecule has 1 atom stereocenters. The lowest BCUT2D eigenvalue weighted by molar-refractivity contribution is -0.136. The number of imidazole rings is 1. The minimum Gasteiger partial charge on any atom is -0.481 e. The number of hydrogen-bond acceptors (Lipinski definition) is 4. The zero-order valence-corrected chi connectivity index (χ0v) is 20.1. The molecule has 0 saturated carbocycles. The summed E-state index contributed by atoms with van der Waals surface area (Å²) in [6, 6.07) is 15.6. The Balaban J connectivity index is 1.84. The van der Waals surface area contributed by atoms with Crippen molar-refractivity contribution < 1.29 is 14.7 Å². The van der Waals surface area contributed by atoms with Crippen LogP contribution < -0.4 is 5.32 Å². The van der Waals surface area contributed by atoms with Crippen molar-refractivity contribution in [2.45, 2.75) is 50.1 Å². The van der Waals surface area contributed by atoms with Gasteiger partial charge in [0.1, 0.15) is 0 Å². The molecule has 174 valence electrons. The molecule has 1 amide bonds. The number of carbonyl (C=O) groups excluding carboxylic acids is 1. The summed E-state index contributed by atoms with van der Waals surface area (Å²) in [5, 5.41) is 13.3. The van der Waals surface area contributed by atoms with E-state index in [-0.39, 0.29) is 18.4 Å². The van der Waals surface area contributed by atoms with Gasteiger partial charge in [-0.2, -0.15) is 0 Å². The van der Waals surface area contributed by atoms with E-state index in [4.69, 9.17) is 5.11 Å². The monoisotopic (exact) mass is 465 g/mol. The lowest BCUT2D eigenvalue weighted by atomic mass is 9.95. The molecule has 3 rings (SSSR count). The molecule has 0 saturated heterocycles. The fourth-order valence-corrected chi connectivity index (χ4v) is 4.57. The van der Waals surface area contributed by atoms with Gasteiger partial charge in [-0.25, -0.2) is 4.98 Å². The number of aryl methyl sites for hydroxylation is 2. The smallest absolute Gasteiger partial charge is 0.303 e. The van der Waals surface area contributed by atoms with Crippen molar-refractivity contribution in [3.8, 4) is 0 Å². The van der Waals surface area contributed by atoms with Gasteiger partial charge < -0.3 is 15.0 Å². The average molecular weight is 466 g/mol. The summed E-state index contributed by atoms with van der Waals surface area (Å²) in [4.78, 5) is 28.9. The van der Waals surface area contributed by atoms with Crippen LogP contribution in [0.25, 0.3) is 0 Å². The van der Waals surface area contributed by atoms with E-state index in [1.165, 1.54) is 0 Å². The molecular formula is C26H31N3O3S. The zero-order chi connectivity index (χ0) is 23.8. The predicted octanol–water partition coefficient (Wildman–Crippen LogP) is 5.25. The molecule has 1 unspecified atom stereocenters. The van der Waals surface area contributed by atoms with Crippen LogP contribution in [0.4, 0.5) is 0 Å². The van der Waals surface area contributed by atoms with Crippen LogP contribution in [-0.4, -0.2) is 26.5 Å². The molecule has 0 fully saturated rings. The highest BCUT2D eigenvalue weighted by atomic mass is 32.2. The fraction of sp³-hybridized carbons (Fsp3) is 0.346. The van der Waals surface area contributed by atoms with Gasteiger partial charge in [0.2, 0.25) is 0 Å². The molecule has 2 N–H and O–H groups in total. The third-order valence-electron chi connectivity index (χ3n) is 5.39. The topological polar surface area (TPSA) is 84.2 Å². The summed E-state index contributed by atoms with van der Waals surface area (Å²) in [7, 11) is 1.95. The molecular weight excluding hydrogens is 434 g/mol. The van der Waals surface area contributed by atoms with Gasteiger partial charge >= 0.3 is 5.97 Å². The lowest BCUT2D eigenvalue weighted by Crippen LogP contribution is -2.30. The number of thioether (sulfide) groups is 1. The number of rotatable bonds is 11. The third kappa shape index (κ3) is 7.22. The van der Waals surface area contributed by atoms with E-state index >= 15 is 0 Å². The summed E-state index contributed by atoms with van der Waals surface area (Å²) in [5.74, 6) is 0.0207. The number of carbonyl (C=O) groups is 2. The Morgan fingerprint density at radius 3 is 2.55 bits per heavy atom. The molecule has 7 heteroatoms. The molecule has 1 aromatic heterocycles. The zero-order valence-electron chi connectivity index (χ0n) is 19.3. The molecule has 2 aromatic carbocycles. The Morgan fingerprint density at radius 2 is 1.91 bits per heavy atom. The Hall–Kier alpha value is -3.06. The molecule has 0 aliphatic rings. The van der Waals surface area contributed by atoms with Gasteiger partial charge in [0, 0.05) is 37.2 Å². The van der Waals surface area contributed by atoms with E-state index in [0.29, 0.717) is 23.7 Å². The number of nitrogens with zero attached hydrogens (tertiary/aromatic N) is 2. The molecule has 0 spiro atoms. The second kappa shape index (κ2) is 11.7. The van der Waals surface area contributed by atoms with Gasteiger partial charge in [-0.05, 0) is 41.5 Å². The van der Waals surface area contributed by atoms with Crippen molar-refractivity contribution >= 4 is 23.6 Å². The van der Waals surface area contributed by atoms with Crippen LogP contribution in [-0.2, 0) is 24.0 Å². The molecule has 0 aliphatic heterocycles. The first-order chi connectivity index (χ1) is 15.8. The van der Waals surface area contributed by atoms with Gasteiger partial charge in [0.05, 0.1) is 6.04 Å². The van der Waals surface area contributed by atoms with E-state index < -0.39 is 5.97 Å². The van der Waals surface area contributed by atoms with Crippen molar-refractivity contribution in [2.75, 3.05) is 0 Å². The van der Waals surface area contributed by atoms with E-state index in [2.05, 4.69) is 24.1 Å². The van der Waals surface area contributed by atoms with Crippen molar-refractivity contribution in [1.29, 1.82) is 0 Å². The first-order valence-electron chi connectivity index (χ1n) is 11.1. The van der Waals surface area contributed by atoms with Crippen LogP contribution in [0.15, 0.2) is 66.1 Å². The van der Waals surface area contributed by atoms with E-state index in [0.717, 1.165) is 28.3 Å². The first-order valence-corrected chi connectivity index (χ1v) is 12.1. The van der Waals surface area contributed by atoms with Gasteiger partial charge in [0.15, 0.2) is 5.16 Å². The van der Waals surface area contributed by atoms with Crippen LogP contribution >= 0.6 is 11.8 Å². The van der Waals surface area contributed by atoms with Crippen molar-refractivity contribution in [3.63, 3.8) is 0 Å². The van der Waals surface area contributed by atoms with Gasteiger partial charge in [0.25, 0.3) is 5.91 Å². The van der Waals surface area contributed by atoms with E-state index in [9.17, 15) is 9.59 Å². The molecule has 1 heterocycles. The maximum Gasteiger partial charge on any atom is 0.303 e. The van der Waals surface area contributed by atoms with Crippen LogP contribution in [0.3, 0.4) is 0 Å². The summed E-state index contributed by atoms with van der Waals surface area (Å²) in [6.45, 7) is 4.27. The van der Waals surface area contributed by atoms with Crippen molar-refractivity contribution in [1.82, 2.24) is 14.9 Å². The highest BCUT2D eigenvalue weighted by Crippen LogP contribution is 2.25. The number of amides is 1. The minimum atomic E-state index is -0.877. The number of nitrogens with one attached hydrogen (secondary N) is 1. The second-order valence-electron chi connectivity index (χ2n) is 8.56. The molecule has 0 radical (unpaired) electrons. The third-order valence-corrected chi connectivity index (χ3v) is 6.52. The van der Waals surface area contributed by atoms with Gasteiger partial charge in [-0.15, -0.1) is 0 Å².